The Bertz CT molecular complexity index is 836. The Morgan fingerprint density at radius 3 is 2.44 bits per heavy atom. The molecule has 0 aliphatic carbocycles. The largest absolute Gasteiger partial charge is 0.322 e. The van der Waals surface area contributed by atoms with Crippen molar-refractivity contribution < 1.29 is 13.2 Å². The maximum atomic E-state index is 12.6. The zero-order valence-corrected chi connectivity index (χ0v) is 14.6. The normalized spacial score (nSPS) is 17.5. The number of rotatable bonds is 4. The lowest BCUT2D eigenvalue weighted by Crippen LogP contribution is -2.39. The van der Waals surface area contributed by atoms with Gasteiger partial charge in [-0.2, -0.15) is 0 Å². The molecule has 25 heavy (non-hydrogen) atoms. The minimum Gasteiger partial charge on any atom is -0.321 e. The molecule has 3 N–H and O–H groups in total. The van der Waals surface area contributed by atoms with E-state index >= 15 is 0 Å². The van der Waals surface area contributed by atoms with E-state index in [0.29, 0.717) is 5.69 Å². The van der Waals surface area contributed by atoms with Gasteiger partial charge in [0.25, 0.3) is 0 Å². The number of urea groups is 1. The first-order valence-electron chi connectivity index (χ1n) is 8.18. The van der Waals surface area contributed by atoms with Crippen LogP contribution >= 0.6 is 0 Å². The second-order valence-corrected chi connectivity index (χ2v) is 7.74. The average Bonchev–Trinajstić information content (AvgIpc) is 3.04. The highest BCUT2D eigenvalue weighted by Gasteiger charge is 2.28. The van der Waals surface area contributed by atoms with E-state index in [2.05, 4.69) is 17.4 Å². The van der Waals surface area contributed by atoms with Crippen molar-refractivity contribution in [3.8, 4) is 0 Å². The van der Waals surface area contributed by atoms with Crippen LogP contribution < -0.4 is 10.5 Å². The number of sulfonamides is 1. The van der Waals surface area contributed by atoms with Gasteiger partial charge < -0.3 is 10.2 Å². The highest BCUT2D eigenvalue weighted by molar-refractivity contribution is 7.89. The van der Waals surface area contributed by atoms with Gasteiger partial charge in [0.2, 0.25) is 10.0 Å². The van der Waals surface area contributed by atoms with Crippen LogP contribution in [0.1, 0.15) is 18.4 Å². The third-order valence-corrected chi connectivity index (χ3v) is 5.32. The SMILES string of the molecule is NS(=O)(=O)c1ccc(NC(=O)N2CCCC2Cc2ccccc2)cc1. The van der Waals surface area contributed by atoms with Gasteiger partial charge in [-0.15, -0.1) is 0 Å². The molecule has 132 valence electrons. The molecule has 1 atom stereocenters. The summed E-state index contributed by atoms with van der Waals surface area (Å²) in [5, 5.41) is 7.91. The van der Waals surface area contributed by atoms with Gasteiger partial charge >= 0.3 is 6.03 Å². The van der Waals surface area contributed by atoms with Gasteiger partial charge in [-0.25, -0.2) is 18.4 Å². The summed E-state index contributed by atoms with van der Waals surface area (Å²) in [4.78, 5) is 14.4. The number of nitrogens with zero attached hydrogens (tertiary/aromatic N) is 1. The molecule has 1 aliphatic rings. The number of nitrogens with two attached hydrogens (primary N) is 1. The van der Waals surface area contributed by atoms with Crippen molar-refractivity contribution >= 4 is 21.7 Å². The fourth-order valence-corrected chi connectivity index (χ4v) is 3.64. The van der Waals surface area contributed by atoms with E-state index in [-0.39, 0.29) is 17.0 Å². The van der Waals surface area contributed by atoms with Gasteiger partial charge in [0, 0.05) is 18.3 Å². The fraction of sp³-hybridized carbons (Fsp3) is 0.278. The van der Waals surface area contributed by atoms with Gasteiger partial charge in [0.1, 0.15) is 0 Å². The minimum atomic E-state index is -3.73. The van der Waals surface area contributed by atoms with Crippen LogP contribution in [-0.2, 0) is 16.4 Å². The van der Waals surface area contributed by atoms with Crippen molar-refractivity contribution in [1.29, 1.82) is 0 Å². The Hall–Kier alpha value is -2.38. The maximum Gasteiger partial charge on any atom is 0.322 e. The van der Waals surface area contributed by atoms with Crippen molar-refractivity contribution in [2.24, 2.45) is 5.14 Å². The smallest absolute Gasteiger partial charge is 0.321 e. The molecule has 0 saturated carbocycles. The molecule has 0 spiro atoms. The van der Waals surface area contributed by atoms with Gasteiger partial charge in [-0.05, 0) is 49.1 Å². The highest BCUT2D eigenvalue weighted by atomic mass is 32.2. The predicted molar refractivity (Wildman–Crippen MR) is 96.7 cm³/mol. The quantitative estimate of drug-likeness (QED) is 0.879. The Balaban J connectivity index is 1.65. The maximum absolute atomic E-state index is 12.6. The predicted octanol–water partition coefficient (Wildman–Crippen LogP) is 2.57. The summed E-state index contributed by atoms with van der Waals surface area (Å²) in [6.07, 6.45) is 2.79. The number of carbonyl (C=O) groups excluding carboxylic acids is 1. The van der Waals surface area contributed by atoms with Crippen LogP contribution in [0, 0.1) is 0 Å². The first kappa shape index (κ1) is 17.4. The zero-order chi connectivity index (χ0) is 17.9. The van der Waals surface area contributed by atoms with Crippen LogP contribution in [0.3, 0.4) is 0 Å². The molecular formula is C18H21N3O3S. The molecule has 6 nitrogen and oxygen atoms in total. The molecular weight excluding hydrogens is 338 g/mol. The lowest BCUT2D eigenvalue weighted by Gasteiger charge is -2.25. The summed E-state index contributed by atoms with van der Waals surface area (Å²) in [5.74, 6) is 0. The number of nitrogens with one attached hydrogen (secondary N) is 1. The summed E-state index contributed by atoms with van der Waals surface area (Å²) >= 11 is 0. The Kier molecular flexibility index (Phi) is 5.06. The summed E-state index contributed by atoms with van der Waals surface area (Å²) < 4.78 is 22.5. The summed E-state index contributed by atoms with van der Waals surface area (Å²) in [5.41, 5.74) is 1.76. The number of amides is 2. The molecule has 1 unspecified atom stereocenters. The van der Waals surface area contributed by atoms with E-state index in [4.69, 9.17) is 5.14 Å². The topological polar surface area (TPSA) is 92.5 Å². The summed E-state index contributed by atoms with van der Waals surface area (Å²) in [6.45, 7) is 0.721. The molecule has 3 rings (SSSR count). The van der Waals surface area contributed by atoms with Gasteiger partial charge in [0.05, 0.1) is 4.90 Å². The Morgan fingerprint density at radius 2 is 1.80 bits per heavy atom. The van der Waals surface area contributed by atoms with Gasteiger partial charge in [-0.1, -0.05) is 30.3 Å². The molecule has 2 aromatic carbocycles. The van der Waals surface area contributed by atoms with Crippen LogP contribution in [0.25, 0.3) is 0 Å². The van der Waals surface area contributed by atoms with Gasteiger partial charge in [0.15, 0.2) is 0 Å². The lowest BCUT2D eigenvalue weighted by molar-refractivity contribution is 0.206. The van der Waals surface area contributed by atoms with Crippen LogP contribution in [0.15, 0.2) is 59.5 Å². The van der Waals surface area contributed by atoms with Crippen molar-refractivity contribution in [3.63, 3.8) is 0 Å². The van der Waals surface area contributed by atoms with E-state index in [9.17, 15) is 13.2 Å². The zero-order valence-electron chi connectivity index (χ0n) is 13.8. The van der Waals surface area contributed by atoms with Crippen LogP contribution in [0.2, 0.25) is 0 Å². The number of hydrogen-bond donors (Lipinski definition) is 2. The second kappa shape index (κ2) is 7.25. The van der Waals surface area contributed by atoms with E-state index in [1.807, 2.05) is 23.1 Å². The second-order valence-electron chi connectivity index (χ2n) is 6.18. The molecule has 0 radical (unpaired) electrons. The minimum absolute atomic E-state index is 0.0219. The Labute approximate surface area is 147 Å². The number of benzene rings is 2. The third kappa shape index (κ3) is 4.37. The first-order valence-corrected chi connectivity index (χ1v) is 9.72. The molecule has 1 heterocycles. The van der Waals surface area contributed by atoms with Crippen molar-refractivity contribution in [3.05, 3.63) is 60.2 Å². The molecule has 2 aromatic rings. The molecule has 0 bridgehead atoms. The lowest BCUT2D eigenvalue weighted by atomic mass is 10.0. The van der Waals surface area contributed by atoms with E-state index in [0.717, 1.165) is 25.8 Å². The van der Waals surface area contributed by atoms with Crippen molar-refractivity contribution in [1.82, 2.24) is 4.90 Å². The number of anilines is 1. The van der Waals surface area contributed by atoms with Crippen LogP contribution in [0.5, 0.6) is 0 Å². The monoisotopic (exact) mass is 359 g/mol. The number of primary sulfonamides is 1. The summed E-state index contributed by atoms with van der Waals surface area (Å²) in [6, 6.07) is 16.0. The van der Waals surface area contributed by atoms with Crippen LogP contribution in [-0.4, -0.2) is 31.9 Å². The standard InChI is InChI=1S/C18H21N3O3S/c19-25(23,24)17-10-8-15(9-11-17)20-18(22)21-12-4-7-16(21)13-14-5-2-1-3-6-14/h1-3,5-6,8-11,16H,4,7,12-13H2,(H,20,22)(H2,19,23,24). The molecule has 7 heteroatoms. The molecule has 1 fully saturated rings. The molecule has 2 amide bonds. The number of likely N-dealkylation sites (tertiary alicyclic amines) is 1. The fourth-order valence-electron chi connectivity index (χ4n) is 3.12. The molecule has 1 aliphatic heterocycles. The number of carbonyl (C=O) groups is 1. The van der Waals surface area contributed by atoms with Gasteiger partial charge in [-0.3, -0.25) is 0 Å². The third-order valence-electron chi connectivity index (χ3n) is 4.39. The Morgan fingerprint density at radius 1 is 1.12 bits per heavy atom. The first-order chi connectivity index (χ1) is 11.9. The highest BCUT2D eigenvalue weighted by Crippen LogP contribution is 2.22. The summed E-state index contributed by atoms with van der Waals surface area (Å²) in [7, 11) is -3.73. The van der Waals surface area contributed by atoms with Crippen molar-refractivity contribution in [2.75, 3.05) is 11.9 Å². The van der Waals surface area contributed by atoms with E-state index in [1.54, 1.807) is 12.1 Å². The number of hydrogen-bond acceptors (Lipinski definition) is 3. The van der Waals surface area contributed by atoms with Crippen LogP contribution in [0.4, 0.5) is 10.5 Å². The van der Waals surface area contributed by atoms with E-state index < -0.39 is 10.0 Å². The molecule has 0 aromatic heterocycles. The average molecular weight is 359 g/mol. The van der Waals surface area contributed by atoms with Crippen molar-refractivity contribution in [2.45, 2.75) is 30.2 Å². The molecule has 1 saturated heterocycles. The van der Waals surface area contributed by atoms with E-state index in [1.165, 1.54) is 17.7 Å².